The van der Waals surface area contributed by atoms with Crippen molar-refractivity contribution in [3.8, 4) is 11.3 Å². The normalized spacial score (nSPS) is 11.7. The minimum atomic E-state index is -4.72. The number of nitrogens with zero attached hydrogens (tertiary/aromatic N) is 3. The molecule has 0 bridgehead atoms. The highest BCUT2D eigenvalue weighted by Gasteiger charge is 2.36. The van der Waals surface area contributed by atoms with Gasteiger partial charge in [0, 0.05) is 10.4 Å². The Morgan fingerprint density at radius 2 is 1.93 bits per heavy atom. The Balaban J connectivity index is 1.80. The van der Waals surface area contributed by atoms with E-state index in [4.69, 9.17) is 11.6 Å². The van der Waals surface area contributed by atoms with Gasteiger partial charge < -0.3 is 5.32 Å². The molecule has 4 rings (SSSR count). The summed E-state index contributed by atoms with van der Waals surface area (Å²) < 4.78 is 41.5. The first kappa shape index (κ1) is 19.4. The predicted octanol–water partition coefficient (Wildman–Crippen LogP) is 5.06. The lowest BCUT2D eigenvalue weighted by atomic mass is 10.1. The van der Waals surface area contributed by atoms with Crippen LogP contribution in [0.25, 0.3) is 16.9 Å². The molecular weight excluding hydrogens is 425 g/mol. The van der Waals surface area contributed by atoms with Crippen LogP contribution in [-0.2, 0) is 12.7 Å². The predicted molar refractivity (Wildman–Crippen MR) is 104 cm³/mol. The highest BCUT2D eigenvalue weighted by molar-refractivity contribution is 7.09. The molecule has 5 nitrogen and oxygen atoms in total. The summed E-state index contributed by atoms with van der Waals surface area (Å²) in [6, 6.07) is 12.9. The second kappa shape index (κ2) is 7.49. The van der Waals surface area contributed by atoms with Crippen molar-refractivity contribution < 1.29 is 18.0 Å². The Bertz CT molecular complexity index is 1170. The van der Waals surface area contributed by atoms with E-state index in [1.807, 2.05) is 17.5 Å². The average Bonchev–Trinajstić information content (AvgIpc) is 3.33. The average molecular weight is 437 g/mol. The molecule has 1 N–H and O–H groups in total. The number of fused-ring (bicyclic) bond motifs is 1. The first-order chi connectivity index (χ1) is 13.8. The van der Waals surface area contributed by atoms with E-state index in [0.717, 1.165) is 10.9 Å². The lowest BCUT2D eigenvalue weighted by molar-refractivity contribution is -0.142. The molecular formula is C19H12ClF3N4OS. The second-order valence-electron chi connectivity index (χ2n) is 6.05. The molecule has 0 atom stereocenters. The third-order valence-corrected chi connectivity index (χ3v) is 5.34. The van der Waals surface area contributed by atoms with E-state index < -0.39 is 17.8 Å². The number of carbonyl (C=O) groups is 1. The summed E-state index contributed by atoms with van der Waals surface area (Å²) in [6.07, 6.45) is -4.72. The van der Waals surface area contributed by atoms with Crippen LogP contribution in [0.5, 0.6) is 0 Å². The molecule has 0 aliphatic carbocycles. The van der Waals surface area contributed by atoms with Crippen LogP contribution in [0.2, 0.25) is 5.02 Å². The van der Waals surface area contributed by atoms with Gasteiger partial charge in [-0.15, -0.1) is 11.3 Å². The molecule has 3 heterocycles. The molecule has 0 saturated carbocycles. The number of nitrogens with one attached hydrogen (secondary N) is 1. The Kier molecular flexibility index (Phi) is 5.01. The van der Waals surface area contributed by atoms with E-state index in [1.165, 1.54) is 11.3 Å². The van der Waals surface area contributed by atoms with Gasteiger partial charge in [-0.05, 0) is 17.5 Å². The molecule has 0 unspecified atom stereocenters. The van der Waals surface area contributed by atoms with Crippen molar-refractivity contribution >= 4 is 34.5 Å². The molecule has 10 heteroatoms. The number of thiophene rings is 1. The number of amides is 1. The zero-order valence-electron chi connectivity index (χ0n) is 14.6. The molecule has 0 saturated heterocycles. The highest BCUT2D eigenvalue weighted by atomic mass is 35.5. The van der Waals surface area contributed by atoms with Crippen LogP contribution in [0, 0.1) is 0 Å². The van der Waals surface area contributed by atoms with Gasteiger partial charge in [-0.2, -0.15) is 18.3 Å². The van der Waals surface area contributed by atoms with Crippen molar-refractivity contribution in [2.75, 3.05) is 0 Å². The zero-order valence-corrected chi connectivity index (χ0v) is 16.1. The fourth-order valence-corrected chi connectivity index (χ4v) is 3.65. The van der Waals surface area contributed by atoms with Crippen LogP contribution in [0.3, 0.4) is 0 Å². The summed E-state index contributed by atoms with van der Waals surface area (Å²) >= 11 is 7.66. The molecule has 1 aromatic carbocycles. The van der Waals surface area contributed by atoms with Crippen LogP contribution < -0.4 is 5.32 Å². The number of rotatable bonds is 4. The lowest BCUT2D eigenvalue weighted by Gasteiger charge is -2.11. The summed E-state index contributed by atoms with van der Waals surface area (Å²) in [4.78, 5) is 17.6. The van der Waals surface area contributed by atoms with Gasteiger partial charge in [0.05, 0.1) is 12.2 Å². The maximum atomic E-state index is 13.7. The first-order valence-corrected chi connectivity index (χ1v) is 9.63. The maximum absolute atomic E-state index is 13.7. The molecule has 0 aliphatic rings. The van der Waals surface area contributed by atoms with Gasteiger partial charge in [-0.25, -0.2) is 9.50 Å². The van der Waals surface area contributed by atoms with Gasteiger partial charge in [-0.1, -0.05) is 48.0 Å². The van der Waals surface area contributed by atoms with Gasteiger partial charge in [0.25, 0.3) is 5.91 Å². The van der Waals surface area contributed by atoms with Gasteiger partial charge in [0.15, 0.2) is 17.0 Å². The zero-order chi connectivity index (χ0) is 20.6. The summed E-state index contributed by atoms with van der Waals surface area (Å²) in [5.41, 5.74) is -1.05. The molecule has 0 fully saturated rings. The van der Waals surface area contributed by atoms with Crippen LogP contribution in [0.4, 0.5) is 13.2 Å². The molecule has 0 radical (unpaired) electrons. The smallest absolute Gasteiger partial charge is 0.346 e. The third-order valence-electron chi connectivity index (χ3n) is 4.11. The minimum absolute atomic E-state index is 0.0813. The van der Waals surface area contributed by atoms with Gasteiger partial charge in [0.1, 0.15) is 5.02 Å². The van der Waals surface area contributed by atoms with Gasteiger partial charge in [0.2, 0.25) is 0 Å². The number of aromatic nitrogens is 3. The minimum Gasteiger partial charge on any atom is -0.346 e. The maximum Gasteiger partial charge on any atom is 0.433 e. The van der Waals surface area contributed by atoms with Gasteiger partial charge in [-0.3, -0.25) is 4.79 Å². The highest BCUT2D eigenvalue weighted by Crippen LogP contribution is 2.34. The summed E-state index contributed by atoms with van der Waals surface area (Å²) in [6.45, 7) is 0.218. The fourth-order valence-electron chi connectivity index (χ4n) is 2.76. The standard InChI is InChI=1S/C19H12ClF3N4OS/c20-15-16(18(28)24-10-12-7-4-8-29-12)26-27-14(19(21,22)23)9-13(25-17(15)27)11-5-2-1-3-6-11/h1-9H,10H2,(H,24,28). The molecule has 4 aromatic rings. The topological polar surface area (TPSA) is 59.3 Å². The Morgan fingerprint density at radius 3 is 2.59 bits per heavy atom. The van der Waals surface area contributed by atoms with E-state index >= 15 is 0 Å². The van der Waals surface area contributed by atoms with E-state index in [1.54, 1.807) is 30.3 Å². The number of hydrogen-bond acceptors (Lipinski definition) is 4. The van der Waals surface area contributed by atoms with Crippen molar-refractivity contribution in [3.63, 3.8) is 0 Å². The summed E-state index contributed by atoms with van der Waals surface area (Å²) in [7, 11) is 0. The number of halogens is 4. The van der Waals surface area contributed by atoms with E-state index in [9.17, 15) is 18.0 Å². The van der Waals surface area contributed by atoms with Crippen LogP contribution >= 0.6 is 22.9 Å². The molecule has 1 amide bonds. The fraction of sp³-hybridized carbons (Fsp3) is 0.105. The summed E-state index contributed by atoms with van der Waals surface area (Å²) in [5, 5.41) is 8.03. The summed E-state index contributed by atoms with van der Waals surface area (Å²) in [5.74, 6) is -0.678. The quantitative estimate of drug-likeness (QED) is 0.486. The van der Waals surface area contributed by atoms with Crippen molar-refractivity contribution in [2.24, 2.45) is 0 Å². The van der Waals surface area contributed by atoms with Gasteiger partial charge >= 0.3 is 6.18 Å². The monoisotopic (exact) mass is 436 g/mol. The van der Waals surface area contributed by atoms with E-state index in [0.29, 0.717) is 10.1 Å². The molecule has 0 spiro atoms. The largest absolute Gasteiger partial charge is 0.433 e. The molecule has 0 aliphatic heterocycles. The molecule has 148 valence electrons. The number of carbonyl (C=O) groups excluding carboxylic acids is 1. The van der Waals surface area contributed by atoms with Crippen molar-refractivity contribution in [2.45, 2.75) is 12.7 Å². The SMILES string of the molecule is O=C(NCc1cccs1)c1nn2c(C(F)(F)F)cc(-c3ccccc3)nc2c1Cl. The van der Waals surface area contributed by atoms with Crippen molar-refractivity contribution in [3.05, 3.63) is 75.2 Å². The van der Waals surface area contributed by atoms with Crippen LogP contribution in [0.1, 0.15) is 21.1 Å². The van der Waals surface area contributed by atoms with Crippen molar-refractivity contribution in [1.82, 2.24) is 19.9 Å². The lowest BCUT2D eigenvalue weighted by Crippen LogP contribution is -2.23. The van der Waals surface area contributed by atoms with Crippen molar-refractivity contribution in [1.29, 1.82) is 0 Å². The van der Waals surface area contributed by atoms with E-state index in [-0.39, 0.29) is 28.6 Å². The Hall–Kier alpha value is -2.91. The number of alkyl halides is 3. The van der Waals surface area contributed by atoms with Crippen LogP contribution in [-0.4, -0.2) is 20.5 Å². The van der Waals surface area contributed by atoms with Crippen LogP contribution in [0.15, 0.2) is 53.9 Å². The Labute approximate surface area is 171 Å². The third kappa shape index (κ3) is 3.83. The molecule has 29 heavy (non-hydrogen) atoms. The molecule has 3 aromatic heterocycles. The number of benzene rings is 1. The van der Waals surface area contributed by atoms with E-state index in [2.05, 4.69) is 15.4 Å². The Morgan fingerprint density at radius 1 is 1.17 bits per heavy atom. The second-order valence-corrected chi connectivity index (χ2v) is 7.46. The number of hydrogen-bond donors (Lipinski definition) is 1. The first-order valence-electron chi connectivity index (χ1n) is 8.37.